The van der Waals surface area contributed by atoms with Crippen LogP contribution < -0.4 is 5.32 Å². The maximum Gasteiger partial charge on any atom is 0.436 e. The van der Waals surface area contributed by atoms with Gasteiger partial charge in [-0.3, -0.25) is 14.2 Å². The summed E-state index contributed by atoms with van der Waals surface area (Å²) in [7, 11) is 0. The maximum atomic E-state index is 13.0. The lowest BCUT2D eigenvalue weighted by atomic mass is 10.2. The third kappa shape index (κ3) is 5.16. The number of nitrogens with one attached hydrogen (secondary N) is 1. The Morgan fingerprint density at radius 2 is 2.04 bits per heavy atom. The molecule has 2 aromatic rings. The molecule has 2 heterocycles. The predicted molar refractivity (Wildman–Crippen MR) is 93.7 cm³/mol. The Kier molecular flexibility index (Phi) is 6.00. The molecular weight excluding hydrogens is 406 g/mol. The Bertz CT molecular complexity index is 814. The van der Waals surface area contributed by atoms with E-state index in [9.17, 15) is 18.0 Å². The molecule has 2 aromatic heterocycles. The van der Waals surface area contributed by atoms with Crippen LogP contribution in [-0.2, 0) is 24.1 Å². The molecule has 148 valence electrons. The number of alkyl halides is 3. The summed E-state index contributed by atoms with van der Waals surface area (Å²) >= 11 is 11.7. The molecule has 1 aliphatic carbocycles. The second-order valence-electron chi connectivity index (χ2n) is 6.42. The van der Waals surface area contributed by atoms with Crippen LogP contribution in [0.25, 0.3) is 0 Å². The van der Waals surface area contributed by atoms with Gasteiger partial charge in [-0.05, 0) is 19.3 Å². The third-order valence-electron chi connectivity index (χ3n) is 4.20. The van der Waals surface area contributed by atoms with Crippen molar-refractivity contribution in [2.45, 2.75) is 50.9 Å². The summed E-state index contributed by atoms with van der Waals surface area (Å²) in [4.78, 5) is 12.0. The van der Waals surface area contributed by atoms with Crippen LogP contribution in [0.3, 0.4) is 0 Å². The van der Waals surface area contributed by atoms with E-state index in [0.717, 1.165) is 12.8 Å². The van der Waals surface area contributed by atoms with Crippen molar-refractivity contribution in [2.24, 2.45) is 0 Å². The summed E-state index contributed by atoms with van der Waals surface area (Å²) in [5, 5.41) is 10.6. The Morgan fingerprint density at radius 1 is 1.30 bits per heavy atom. The standard InChI is InChI=1S/C16H18Cl2F3N5O/c17-11-8-23-25(9-11)6-1-5-22-12(27)4-7-26-14(10-2-3-10)13(18)15(24-26)16(19,20)21/h8-10H,1-7H2,(H,22,27). The Labute approximate surface area is 163 Å². The molecule has 3 rings (SSSR count). The lowest BCUT2D eigenvalue weighted by molar-refractivity contribution is -0.141. The maximum absolute atomic E-state index is 13.0. The van der Waals surface area contributed by atoms with E-state index in [1.54, 1.807) is 10.9 Å². The zero-order valence-electron chi connectivity index (χ0n) is 14.3. The summed E-state index contributed by atoms with van der Waals surface area (Å²) in [5.74, 6) is -0.263. The summed E-state index contributed by atoms with van der Waals surface area (Å²) in [6.45, 7) is 1.09. The average molecular weight is 424 g/mol. The van der Waals surface area contributed by atoms with Crippen molar-refractivity contribution in [3.8, 4) is 0 Å². The van der Waals surface area contributed by atoms with E-state index >= 15 is 0 Å². The first kappa shape index (κ1) is 20.0. The molecule has 1 fully saturated rings. The van der Waals surface area contributed by atoms with Gasteiger partial charge < -0.3 is 5.32 Å². The number of carbonyl (C=O) groups excluding carboxylic acids is 1. The highest BCUT2D eigenvalue weighted by Crippen LogP contribution is 2.46. The Hall–Kier alpha value is -1.74. The average Bonchev–Trinajstić information content (AvgIpc) is 3.24. The van der Waals surface area contributed by atoms with E-state index in [1.165, 1.54) is 10.9 Å². The van der Waals surface area contributed by atoms with Crippen LogP contribution in [0.15, 0.2) is 12.4 Å². The lowest BCUT2D eigenvalue weighted by Gasteiger charge is -2.08. The van der Waals surface area contributed by atoms with Crippen molar-refractivity contribution in [3.63, 3.8) is 0 Å². The zero-order valence-corrected chi connectivity index (χ0v) is 15.8. The number of aryl methyl sites for hydroxylation is 2. The Balaban J connectivity index is 1.49. The topological polar surface area (TPSA) is 64.7 Å². The van der Waals surface area contributed by atoms with Crippen LogP contribution in [0.5, 0.6) is 0 Å². The number of nitrogens with zero attached hydrogens (tertiary/aromatic N) is 4. The summed E-state index contributed by atoms with van der Waals surface area (Å²) < 4.78 is 41.9. The highest BCUT2D eigenvalue weighted by Gasteiger charge is 2.41. The van der Waals surface area contributed by atoms with Crippen LogP contribution >= 0.6 is 23.2 Å². The molecule has 0 aliphatic heterocycles. The van der Waals surface area contributed by atoms with Gasteiger partial charge in [0.25, 0.3) is 0 Å². The Morgan fingerprint density at radius 3 is 2.63 bits per heavy atom. The molecule has 0 saturated heterocycles. The molecule has 11 heteroatoms. The summed E-state index contributed by atoms with van der Waals surface area (Å²) in [6, 6.07) is 0. The van der Waals surface area contributed by atoms with Gasteiger partial charge in [-0.2, -0.15) is 23.4 Å². The number of rotatable bonds is 8. The molecule has 0 radical (unpaired) electrons. The predicted octanol–water partition coefficient (Wildman–Crippen LogP) is 3.88. The zero-order chi connectivity index (χ0) is 19.6. The quantitative estimate of drug-likeness (QED) is 0.655. The van der Waals surface area contributed by atoms with Crippen LogP contribution in [-0.4, -0.2) is 32.0 Å². The molecule has 1 saturated carbocycles. The van der Waals surface area contributed by atoms with Gasteiger partial charge in [0.15, 0.2) is 5.69 Å². The van der Waals surface area contributed by atoms with Crippen molar-refractivity contribution in [1.29, 1.82) is 0 Å². The van der Waals surface area contributed by atoms with Crippen molar-refractivity contribution in [3.05, 3.63) is 33.8 Å². The van der Waals surface area contributed by atoms with Crippen molar-refractivity contribution < 1.29 is 18.0 Å². The minimum atomic E-state index is -4.61. The van der Waals surface area contributed by atoms with E-state index in [0.29, 0.717) is 30.2 Å². The molecule has 0 atom stereocenters. The smallest absolute Gasteiger partial charge is 0.356 e. The van der Waals surface area contributed by atoms with E-state index < -0.39 is 11.9 Å². The summed E-state index contributed by atoms with van der Waals surface area (Å²) in [5.41, 5.74) is -0.697. The molecule has 0 unspecified atom stereocenters. The van der Waals surface area contributed by atoms with Crippen molar-refractivity contribution >= 4 is 29.1 Å². The van der Waals surface area contributed by atoms with Gasteiger partial charge in [0, 0.05) is 31.6 Å². The fraction of sp³-hybridized carbons (Fsp3) is 0.562. The van der Waals surface area contributed by atoms with E-state index in [1.807, 2.05) is 0 Å². The SMILES string of the molecule is O=C(CCn1nc(C(F)(F)F)c(Cl)c1C1CC1)NCCCn1cc(Cl)cn1. The fourth-order valence-corrected chi connectivity index (χ4v) is 3.33. The molecule has 1 N–H and O–H groups in total. The van der Waals surface area contributed by atoms with E-state index in [2.05, 4.69) is 15.5 Å². The van der Waals surface area contributed by atoms with Crippen LogP contribution in [0, 0.1) is 0 Å². The largest absolute Gasteiger partial charge is 0.436 e. The second kappa shape index (κ2) is 8.10. The van der Waals surface area contributed by atoms with Crippen molar-refractivity contribution in [2.75, 3.05) is 6.54 Å². The molecule has 1 amide bonds. The number of amides is 1. The molecule has 6 nitrogen and oxygen atoms in total. The molecule has 0 bridgehead atoms. The van der Waals surface area contributed by atoms with Gasteiger partial charge in [0.1, 0.15) is 0 Å². The highest BCUT2D eigenvalue weighted by atomic mass is 35.5. The van der Waals surface area contributed by atoms with Crippen LogP contribution in [0.2, 0.25) is 10.0 Å². The van der Waals surface area contributed by atoms with Crippen LogP contribution in [0.4, 0.5) is 13.2 Å². The van der Waals surface area contributed by atoms with Gasteiger partial charge in [-0.25, -0.2) is 0 Å². The molecule has 1 aliphatic rings. The third-order valence-corrected chi connectivity index (χ3v) is 4.77. The minimum absolute atomic E-state index is 0.00921. The van der Waals surface area contributed by atoms with Gasteiger partial charge in [-0.1, -0.05) is 23.2 Å². The van der Waals surface area contributed by atoms with E-state index in [-0.39, 0.29) is 29.8 Å². The molecule has 0 spiro atoms. The molecule has 0 aromatic carbocycles. The number of aromatic nitrogens is 4. The minimum Gasteiger partial charge on any atom is -0.356 e. The summed E-state index contributed by atoms with van der Waals surface area (Å²) in [6.07, 6.45) is 0.859. The first-order valence-electron chi connectivity index (χ1n) is 8.53. The molecule has 27 heavy (non-hydrogen) atoms. The number of halogens is 5. The van der Waals surface area contributed by atoms with Crippen LogP contribution in [0.1, 0.15) is 43.0 Å². The number of carbonyl (C=O) groups is 1. The van der Waals surface area contributed by atoms with Crippen molar-refractivity contribution in [1.82, 2.24) is 24.9 Å². The van der Waals surface area contributed by atoms with Gasteiger partial charge in [-0.15, -0.1) is 0 Å². The van der Waals surface area contributed by atoms with Gasteiger partial charge >= 0.3 is 6.18 Å². The molecular formula is C16H18Cl2F3N5O. The van der Waals surface area contributed by atoms with Gasteiger partial charge in [0.2, 0.25) is 5.91 Å². The number of hydrogen-bond donors (Lipinski definition) is 1. The number of hydrogen-bond acceptors (Lipinski definition) is 3. The highest BCUT2D eigenvalue weighted by molar-refractivity contribution is 6.32. The first-order valence-corrected chi connectivity index (χ1v) is 9.29. The lowest BCUT2D eigenvalue weighted by Crippen LogP contribution is -2.26. The van der Waals surface area contributed by atoms with Gasteiger partial charge in [0.05, 0.1) is 28.5 Å². The fourth-order valence-electron chi connectivity index (χ4n) is 2.78. The second-order valence-corrected chi connectivity index (χ2v) is 7.23. The normalized spacial score (nSPS) is 14.6. The van der Waals surface area contributed by atoms with E-state index in [4.69, 9.17) is 23.2 Å². The monoisotopic (exact) mass is 423 g/mol. The first-order chi connectivity index (χ1) is 12.8.